The number of furan rings is 1. The molecule has 1 fully saturated rings. The quantitative estimate of drug-likeness (QED) is 0.882. The van der Waals surface area contributed by atoms with E-state index in [0.717, 1.165) is 12.8 Å². The van der Waals surface area contributed by atoms with Gasteiger partial charge >= 0.3 is 5.97 Å². The number of carbonyl (C=O) groups excluding carboxylic acids is 1. The second kappa shape index (κ2) is 6.19. The van der Waals surface area contributed by atoms with Crippen LogP contribution >= 0.6 is 15.9 Å². The van der Waals surface area contributed by atoms with E-state index in [1.165, 1.54) is 12.5 Å². The van der Waals surface area contributed by atoms with Crippen LogP contribution in [0.25, 0.3) is 0 Å². The summed E-state index contributed by atoms with van der Waals surface area (Å²) in [6, 6.07) is 1.80. The zero-order valence-corrected chi connectivity index (χ0v) is 14.1. The monoisotopic (exact) mass is 381 g/mol. The molecule has 3 rings (SSSR count). The predicted molar refractivity (Wildman–Crippen MR) is 84.5 cm³/mol. The van der Waals surface area contributed by atoms with Gasteiger partial charge in [0.05, 0.1) is 28.7 Å². The topological polar surface area (TPSA) is 88.6 Å². The Labute approximate surface area is 141 Å². The van der Waals surface area contributed by atoms with Crippen LogP contribution in [-0.2, 0) is 0 Å². The van der Waals surface area contributed by atoms with Crippen LogP contribution in [0.2, 0.25) is 0 Å². The zero-order valence-electron chi connectivity index (χ0n) is 12.5. The number of hydrogen-bond acceptors (Lipinski definition) is 4. The molecule has 2 aromatic heterocycles. The summed E-state index contributed by atoms with van der Waals surface area (Å²) < 4.78 is 7.63. The van der Waals surface area contributed by atoms with Gasteiger partial charge in [0.2, 0.25) is 5.76 Å². The van der Waals surface area contributed by atoms with Crippen LogP contribution in [0, 0.1) is 6.92 Å². The SMILES string of the molecule is Cc1c(C(=O)O)cnn1C1CCN(C(=O)c2occc2Br)CC1. The Morgan fingerprint density at radius 1 is 1.39 bits per heavy atom. The Hall–Kier alpha value is -2.09. The highest BCUT2D eigenvalue weighted by atomic mass is 79.9. The van der Waals surface area contributed by atoms with E-state index in [1.54, 1.807) is 22.6 Å². The standard InChI is InChI=1S/C15H16BrN3O4/c1-9-11(15(21)22)8-17-19(9)10-2-5-18(6-3-10)14(20)13-12(16)4-7-23-13/h4,7-8,10H,2-3,5-6H2,1H3,(H,21,22). The molecule has 2 aromatic rings. The number of amides is 1. The van der Waals surface area contributed by atoms with Gasteiger partial charge in [-0.25, -0.2) is 4.79 Å². The summed E-state index contributed by atoms with van der Waals surface area (Å²) in [7, 11) is 0. The average Bonchev–Trinajstić information content (AvgIpc) is 3.12. The van der Waals surface area contributed by atoms with E-state index in [4.69, 9.17) is 9.52 Å². The lowest BCUT2D eigenvalue weighted by Crippen LogP contribution is -2.39. The van der Waals surface area contributed by atoms with Gasteiger partial charge in [0.15, 0.2) is 0 Å². The fourth-order valence-electron chi connectivity index (χ4n) is 2.90. The van der Waals surface area contributed by atoms with Crippen molar-refractivity contribution in [2.75, 3.05) is 13.1 Å². The Balaban J connectivity index is 1.68. The van der Waals surface area contributed by atoms with E-state index in [2.05, 4.69) is 21.0 Å². The average molecular weight is 382 g/mol. The number of carboxylic acids is 1. The summed E-state index contributed by atoms with van der Waals surface area (Å²) in [4.78, 5) is 25.2. The van der Waals surface area contributed by atoms with Crippen molar-refractivity contribution in [1.29, 1.82) is 0 Å². The lowest BCUT2D eigenvalue weighted by molar-refractivity contribution is 0.0656. The van der Waals surface area contributed by atoms with Crippen molar-refractivity contribution in [3.05, 3.63) is 40.0 Å². The Morgan fingerprint density at radius 2 is 2.09 bits per heavy atom. The number of piperidine rings is 1. The van der Waals surface area contributed by atoms with E-state index in [1.807, 2.05) is 0 Å². The molecule has 1 amide bonds. The van der Waals surface area contributed by atoms with Gasteiger partial charge in [0, 0.05) is 13.1 Å². The van der Waals surface area contributed by atoms with Crippen LogP contribution in [0.15, 0.2) is 27.4 Å². The third-order valence-corrected chi connectivity index (χ3v) is 4.81. The van der Waals surface area contributed by atoms with Gasteiger partial charge in [-0.2, -0.15) is 5.10 Å². The molecule has 0 bridgehead atoms. The second-order valence-electron chi connectivity index (χ2n) is 5.51. The number of rotatable bonds is 3. The number of likely N-dealkylation sites (tertiary alicyclic amines) is 1. The molecule has 0 unspecified atom stereocenters. The van der Waals surface area contributed by atoms with Crippen LogP contribution in [0.5, 0.6) is 0 Å². The summed E-state index contributed by atoms with van der Waals surface area (Å²) in [5.74, 6) is -0.792. The summed E-state index contributed by atoms with van der Waals surface area (Å²) in [6.45, 7) is 2.92. The van der Waals surface area contributed by atoms with E-state index >= 15 is 0 Å². The molecule has 1 N–H and O–H groups in total. The molecular weight excluding hydrogens is 366 g/mol. The van der Waals surface area contributed by atoms with Crippen LogP contribution < -0.4 is 0 Å². The highest BCUT2D eigenvalue weighted by Crippen LogP contribution is 2.27. The molecule has 3 heterocycles. The summed E-state index contributed by atoms with van der Waals surface area (Å²) in [6.07, 6.45) is 4.32. The Bertz CT molecular complexity index is 744. The molecule has 0 radical (unpaired) electrons. The molecule has 7 nitrogen and oxygen atoms in total. The van der Waals surface area contributed by atoms with Crippen LogP contribution in [0.4, 0.5) is 0 Å². The van der Waals surface area contributed by atoms with Crippen molar-refractivity contribution in [3.63, 3.8) is 0 Å². The molecule has 0 spiro atoms. The van der Waals surface area contributed by atoms with Crippen molar-refractivity contribution < 1.29 is 19.1 Å². The number of aromatic nitrogens is 2. The Morgan fingerprint density at radius 3 is 2.61 bits per heavy atom. The fraction of sp³-hybridized carbons (Fsp3) is 0.400. The zero-order chi connectivity index (χ0) is 16.6. The van der Waals surface area contributed by atoms with E-state index < -0.39 is 5.97 Å². The molecule has 1 aliphatic rings. The van der Waals surface area contributed by atoms with E-state index in [-0.39, 0.29) is 17.5 Å². The molecule has 122 valence electrons. The lowest BCUT2D eigenvalue weighted by atomic mass is 10.0. The van der Waals surface area contributed by atoms with E-state index in [9.17, 15) is 9.59 Å². The van der Waals surface area contributed by atoms with Gasteiger partial charge in [-0.05, 0) is 41.8 Å². The number of hydrogen-bond donors (Lipinski definition) is 1. The van der Waals surface area contributed by atoms with Gasteiger partial charge < -0.3 is 14.4 Å². The molecule has 0 saturated carbocycles. The number of aromatic carboxylic acids is 1. The van der Waals surface area contributed by atoms with Crippen molar-refractivity contribution in [1.82, 2.24) is 14.7 Å². The molecule has 0 aliphatic carbocycles. The molecule has 0 atom stereocenters. The third-order valence-electron chi connectivity index (χ3n) is 4.18. The molecule has 8 heteroatoms. The van der Waals surface area contributed by atoms with Crippen LogP contribution in [0.3, 0.4) is 0 Å². The first kappa shape index (κ1) is 15.8. The molecule has 1 aliphatic heterocycles. The lowest BCUT2D eigenvalue weighted by Gasteiger charge is -2.32. The summed E-state index contributed by atoms with van der Waals surface area (Å²) >= 11 is 3.30. The minimum atomic E-state index is -0.968. The molecular formula is C15H16BrN3O4. The van der Waals surface area contributed by atoms with Crippen molar-refractivity contribution >= 4 is 27.8 Å². The van der Waals surface area contributed by atoms with E-state index in [0.29, 0.717) is 29.0 Å². The van der Waals surface area contributed by atoms with Crippen LogP contribution in [-0.4, -0.2) is 44.8 Å². The predicted octanol–water partition coefficient (Wildman–Crippen LogP) is 2.72. The maximum atomic E-state index is 12.4. The minimum Gasteiger partial charge on any atom is -0.478 e. The van der Waals surface area contributed by atoms with Crippen molar-refractivity contribution in [2.24, 2.45) is 0 Å². The third kappa shape index (κ3) is 2.90. The maximum Gasteiger partial charge on any atom is 0.339 e. The summed E-state index contributed by atoms with van der Waals surface area (Å²) in [5, 5.41) is 13.3. The maximum absolute atomic E-state index is 12.4. The van der Waals surface area contributed by atoms with Crippen molar-refractivity contribution in [3.8, 4) is 0 Å². The minimum absolute atomic E-state index is 0.104. The smallest absolute Gasteiger partial charge is 0.339 e. The van der Waals surface area contributed by atoms with Gasteiger partial charge in [0.25, 0.3) is 5.91 Å². The molecule has 1 saturated heterocycles. The molecule has 23 heavy (non-hydrogen) atoms. The number of halogens is 1. The number of nitrogens with zero attached hydrogens (tertiary/aromatic N) is 3. The second-order valence-corrected chi connectivity index (χ2v) is 6.37. The number of carbonyl (C=O) groups is 2. The van der Waals surface area contributed by atoms with Gasteiger partial charge in [-0.1, -0.05) is 0 Å². The highest BCUT2D eigenvalue weighted by Gasteiger charge is 2.28. The first-order valence-electron chi connectivity index (χ1n) is 7.28. The van der Waals surface area contributed by atoms with Crippen LogP contribution in [0.1, 0.15) is 45.5 Å². The summed E-state index contributed by atoms with van der Waals surface area (Å²) in [5.41, 5.74) is 0.874. The van der Waals surface area contributed by atoms with Crippen molar-refractivity contribution in [2.45, 2.75) is 25.8 Å². The first-order chi connectivity index (χ1) is 11.0. The largest absolute Gasteiger partial charge is 0.478 e. The van der Waals surface area contributed by atoms with Gasteiger partial charge in [-0.15, -0.1) is 0 Å². The van der Waals surface area contributed by atoms with Gasteiger partial charge in [-0.3, -0.25) is 9.48 Å². The Kier molecular flexibility index (Phi) is 4.25. The number of carboxylic acid groups (broad SMARTS) is 1. The molecule has 0 aromatic carbocycles. The highest BCUT2D eigenvalue weighted by molar-refractivity contribution is 9.10. The first-order valence-corrected chi connectivity index (χ1v) is 8.08. The van der Waals surface area contributed by atoms with Gasteiger partial charge in [0.1, 0.15) is 5.56 Å². The normalized spacial score (nSPS) is 15.8. The fourth-order valence-corrected chi connectivity index (χ4v) is 3.28.